The molecule has 0 aromatic heterocycles. The number of methoxy groups -OCH3 is 1. The Labute approximate surface area is 177 Å². The quantitative estimate of drug-likeness (QED) is 0.570. The van der Waals surface area contributed by atoms with Gasteiger partial charge in [0.25, 0.3) is 5.91 Å². The second-order valence-electron chi connectivity index (χ2n) is 6.73. The van der Waals surface area contributed by atoms with Crippen LogP contribution in [0.2, 0.25) is 0 Å². The second-order valence-corrected chi connectivity index (χ2v) is 6.73. The zero-order valence-electron chi connectivity index (χ0n) is 16.7. The molecule has 1 heterocycles. The molecule has 0 atom stereocenters. The third-order valence-electron chi connectivity index (χ3n) is 4.72. The van der Waals surface area contributed by atoms with Crippen LogP contribution in [0.5, 0.6) is 5.75 Å². The molecular weight excluding hydrogens is 411 g/mol. The van der Waals surface area contributed by atoms with Crippen LogP contribution in [-0.4, -0.2) is 39.3 Å². The Morgan fingerprint density at radius 1 is 1.19 bits per heavy atom. The van der Waals surface area contributed by atoms with Crippen LogP contribution in [0, 0.1) is 11.3 Å². The summed E-state index contributed by atoms with van der Waals surface area (Å²) in [5, 5.41) is 11.9. The van der Waals surface area contributed by atoms with Crippen LogP contribution < -0.4 is 15.0 Å². The molecule has 1 amide bonds. The number of halogens is 3. The Morgan fingerprint density at radius 2 is 1.87 bits per heavy atom. The Kier molecular flexibility index (Phi) is 6.82. The Hall–Kier alpha value is -3.51. The van der Waals surface area contributed by atoms with Crippen molar-refractivity contribution in [2.75, 3.05) is 43.6 Å². The lowest BCUT2D eigenvalue weighted by atomic mass is 10.1. The number of nitriles is 1. The summed E-state index contributed by atoms with van der Waals surface area (Å²) in [6, 6.07) is 11.6. The van der Waals surface area contributed by atoms with Crippen molar-refractivity contribution >= 4 is 23.4 Å². The first kappa shape index (κ1) is 22.2. The van der Waals surface area contributed by atoms with Gasteiger partial charge in [-0.2, -0.15) is 18.4 Å². The van der Waals surface area contributed by atoms with Crippen LogP contribution in [0.1, 0.15) is 11.1 Å². The van der Waals surface area contributed by atoms with Crippen LogP contribution in [-0.2, 0) is 15.7 Å². The molecule has 1 aliphatic rings. The van der Waals surface area contributed by atoms with Gasteiger partial charge in [-0.05, 0) is 42.0 Å². The Balaban J connectivity index is 1.91. The van der Waals surface area contributed by atoms with Crippen molar-refractivity contribution in [3.05, 3.63) is 59.2 Å². The molecule has 1 N–H and O–H groups in total. The number of hydrogen-bond acceptors (Lipinski definition) is 5. The summed E-state index contributed by atoms with van der Waals surface area (Å²) >= 11 is 0. The van der Waals surface area contributed by atoms with Crippen molar-refractivity contribution in [2.24, 2.45) is 0 Å². The van der Waals surface area contributed by atoms with E-state index in [-0.39, 0.29) is 11.3 Å². The molecule has 0 saturated carbocycles. The lowest BCUT2D eigenvalue weighted by Gasteiger charge is -2.31. The zero-order valence-corrected chi connectivity index (χ0v) is 16.7. The fourth-order valence-electron chi connectivity index (χ4n) is 3.10. The van der Waals surface area contributed by atoms with Gasteiger partial charge in [-0.25, -0.2) is 0 Å². The number of nitrogens with one attached hydrogen (secondary N) is 1. The van der Waals surface area contributed by atoms with E-state index < -0.39 is 17.6 Å². The van der Waals surface area contributed by atoms with Crippen molar-refractivity contribution in [3.8, 4) is 11.8 Å². The average Bonchev–Trinajstić information content (AvgIpc) is 2.77. The average molecular weight is 431 g/mol. The predicted molar refractivity (Wildman–Crippen MR) is 110 cm³/mol. The number of alkyl halides is 3. The van der Waals surface area contributed by atoms with E-state index >= 15 is 0 Å². The normalized spacial score (nSPS) is 14.7. The van der Waals surface area contributed by atoms with E-state index in [1.165, 1.54) is 19.3 Å². The van der Waals surface area contributed by atoms with Gasteiger partial charge >= 0.3 is 6.18 Å². The summed E-state index contributed by atoms with van der Waals surface area (Å²) in [5.41, 5.74) is -0.137. The third-order valence-corrected chi connectivity index (χ3v) is 4.72. The molecule has 0 bridgehead atoms. The first-order chi connectivity index (χ1) is 14.8. The smallest absolute Gasteiger partial charge is 0.416 e. The summed E-state index contributed by atoms with van der Waals surface area (Å²) in [4.78, 5) is 14.5. The van der Waals surface area contributed by atoms with Gasteiger partial charge in [-0.1, -0.05) is 12.1 Å². The minimum Gasteiger partial charge on any atom is -0.497 e. The third kappa shape index (κ3) is 5.55. The topological polar surface area (TPSA) is 74.6 Å². The van der Waals surface area contributed by atoms with E-state index in [2.05, 4.69) is 5.32 Å². The standard InChI is InChI=1S/C22H20F3N3O3/c1-30-18-5-2-15(3-6-18)12-16(14-26)21(29)27-19-13-17(22(23,24)25)4-7-20(19)28-8-10-31-11-9-28/h2-7,12-13H,8-11H2,1H3,(H,27,29)/b16-12+. The van der Waals surface area contributed by atoms with Gasteiger partial charge in [0.15, 0.2) is 0 Å². The predicted octanol–water partition coefficient (Wildman–Crippen LogP) is 4.10. The van der Waals surface area contributed by atoms with Gasteiger partial charge in [0.1, 0.15) is 17.4 Å². The molecule has 2 aromatic carbocycles. The SMILES string of the molecule is COc1ccc(/C=C(\C#N)C(=O)Nc2cc(C(F)(F)F)ccc2N2CCOCC2)cc1. The molecular formula is C22H20F3N3O3. The van der Waals surface area contributed by atoms with Crippen molar-refractivity contribution in [3.63, 3.8) is 0 Å². The largest absolute Gasteiger partial charge is 0.497 e. The van der Waals surface area contributed by atoms with Crippen LogP contribution in [0.4, 0.5) is 24.5 Å². The van der Waals surface area contributed by atoms with Crippen molar-refractivity contribution < 1.29 is 27.4 Å². The van der Waals surface area contributed by atoms with Crippen LogP contribution >= 0.6 is 0 Å². The molecule has 1 saturated heterocycles. The molecule has 2 aromatic rings. The first-order valence-corrected chi connectivity index (χ1v) is 9.43. The Bertz CT molecular complexity index is 1010. The molecule has 0 radical (unpaired) electrons. The number of amides is 1. The molecule has 3 rings (SSSR count). The Morgan fingerprint density at radius 3 is 2.45 bits per heavy atom. The lowest BCUT2D eigenvalue weighted by molar-refractivity contribution is -0.137. The van der Waals surface area contributed by atoms with Gasteiger partial charge < -0.3 is 19.7 Å². The van der Waals surface area contributed by atoms with Gasteiger partial charge in [0.2, 0.25) is 0 Å². The minimum absolute atomic E-state index is 0.0161. The second kappa shape index (κ2) is 9.53. The van der Waals surface area contributed by atoms with Gasteiger partial charge in [0.05, 0.1) is 37.3 Å². The van der Waals surface area contributed by atoms with Crippen molar-refractivity contribution in [2.45, 2.75) is 6.18 Å². The maximum atomic E-state index is 13.2. The van der Waals surface area contributed by atoms with E-state index in [1.54, 1.807) is 30.3 Å². The number of carbonyl (C=O) groups is 1. The number of morpholine rings is 1. The molecule has 6 nitrogen and oxygen atoms in total. The number of anilines is 2. The summed E-state index contributed by atoms with van der Waals surface area (Å²) in [6.45, 7) is 1.80. The van der Waals surface area contributed by atoms with E-state index in [0.29, 0.717) is 43.3 Å². The fourth-order valence-corrected chi connectivity index (χ4v) is 3.10. The molecule has 31 heavy (non-hydrogen) atoms. The number of hydrogen-bond donors (Lipinski definition) is 1. The highest BCUT2D eigenvalue weighted by atomic mass is 19.4. The summed E-state index contributed by atoms with van der Waals surface area (Å²) in [5.74, 6) is -0.189. The number of nitrogens with zero attached hydrogens (tertiary/aromatic N) is 2. The highest BCUT2D eigenvalue weighted by Gasteiger charge is 2.32. The van der Waals surface area contributed by atoms with Crippen molar-refractivity contribution in [1.82, 2.24) is 0 Å². The first-order valence-electron chi connectivity index (χ1n) is 9.43. The molecule has 0 spiro atoms. The summed E-state index contributed by atoms with van der Waals surface area (Å²) < 4.78 is 50.1. The molecule has 0 unspecified atom stereocenters. The molecule has 9 heteroatoms. The molecule has 1 aliphatic heterocycles. The minimum atomic E-state index is -4.57. The lowest BCUT2D eigenvalue weighted by Crippen LogP contribution is -2.37. The summed E-state index contributed by atoms with van der Waals surface area (Å²) in [6.07, 6.45) is -3.21. The molecule has 1 fully saturated rings. The zero-order chi connectivity index (χ0) is 22.4. The van der Waals surface area contributed by atoms with Crippen LogP contribution in [0.25, 0.3) is 6.08 Å². The number of benzene rings is 2. The van der Waals surface area contributed by atoms with Crippen molar-refractivity contribution in [1.29, 1.82) is 5.26 Å². The number of rotatable bonds is 5. The van der Waals surface area contributed by atoms with Gasteiger partial charge in [-0.15, -0.1) is 0 Å². The van der Waals surface area contributed by atoms with E-state index in [9.17, 15) is 23.2 Å². The van der Waals surface area contributed by atoms with Crippen LogP contribution in [0.3, 0.4) is 0 Å². The molecule has 0 aliphatic carbocycles. The number of ether oxygens (including phenoxy) is 2. The number of carbonyl (C=O) groups excluding carboxylic acids is 1. The van der Waals surface area contributed by atoms with Gasteiger partial charge in [0, 0.05) is 13.1 Å². The van der Waals surface area contributed by atoms with Gasteiger partial charge in [-0.3, -0.25) is 4.79 Å². The van der Waals surface area contributed by atoms with E-state index in [4.69, 9.17) is 9.47 Å². The maximum Gasteiger partial charge on any atom is 0.416 e. The highest BCUT2D eigenvalue weighted by molar-refractivity contribution is 6.11. The van der Waals surface area contributed by atoms with E-state index in [1.807, 2.05) is 4.90 Å². The monoisotopic (exact) mass is 431 g/mol. The highest BCUT2D eigenvalue weighted by Crippen LogP contribution is 2.36. The van der Waals surface area contributed by atoms with E-state index in [0.717, 1.165) is 12.1 Å². The summed E-state index contributed by atoms with van der Waals surface area (Å²) in [7, 11) is 1.51. The van der Waals surface area contributed by atoms with Crippen LogP contribution in [0.15, 0.2) is 48.0 Å². The molecule has 162 valence electrons. The maximum absolute atomic E-state index is 13.2. The fraction of sp³-hybridized carbons (Fsp3) is 0.273.